The topological polar surface area (TPSA) is 105 Å². The molecule has 0 radical (unpaired) electrons. The van der Waals surface area contributed by atoms with Gasteiger partial charge in [-0.05, 0) is 41.3 Å². The summed E-state index contributed by atoms with van der Waals surface area (Å²) in [6.45, 7) is 2.81. The monoisotopic (exact) mass is 409 g/mol. The predicted octanol–water partition coefficient (Wildman–Crippen LogP) is 0.876. The molecule has 7 heteroatoms. The van der Waals surface area contributed by atoms with E-state index in [1.807, 2.05) is 12.1 Å². The number of fused-ring (bicyclic) bond motifs is 1. The molecule has 2 atom stereocenters. The number of ether oxygens (including phenoxy) is 1. The number of nitrogens with zero attached hydrogens (tertiary/aromatic N) is 1. The van der Waals surface area contributed by atoms with Crippen LogP contribution in [0.4, 0.5) is 0 Å². The molecular formula is C23H27N3O4. The molecule has 7 nitrogen and oxygen atoms in total. The van der Waals surface area contributed by atoms with Crippen molar-refractivity contribution < 1.29 is 19.4 Å². The number of carbonyl (C=O) groups excluding carboxylic acids is 2. The van der Waals surface area contributed by atoms with Crippen molar-refractivity contribution in [1.82, 2.24) is 10.2 Å². The summed E-state index contributed by atoms with van der Waals surface area (Å²) in [6, 6.07) is 12.9. The van der Waals surface area contributed by atoms with Crippen LogP contribution in [-0.2, 0) is 24.1 Å². The van der Waals surface area contributed by atoms with E-state index in [1.54, 1.807) is 23.1 Å². The Morgan fingerprint density at radius 1 is 1.17 bits per heavy atom. The van der Waals surface area contributed by atoms with E-state index in [2.05, 4.69) is 17.4 Å². The molecule has 0 saturated carbocycles. The maximum Gasteiger partial charge on any atom is 0.254 e. The summed E-state index contributed by atoms with van der Waals surface area (Å²) in [5.41, 5.74) is 9.42. The lowest BCUT2D eigenvalue weighted by Crippen LogP contribution is -2.45. The number of amides is 2. The summed E-state index contributed by atoms with van der Waals surface area (Å²) in [5.74, 6) is -0.667. The number of benzene rings is 2. The quantitative estimate of drug-likeness (QED) is 0.680. The van der Waals surface area contributed by atoms with Crippen molar-refractivity contribution in [2.75, 3.05) is 26.3 Å². The van der Waals surface area contributed by atoms with Gasteiger partial charge in [0, 0.05) is 43.2 Å². The molecule has 2 aromatic carbocycles. The summed E-state index contributed by atoms with van der Waals surface area (Å²) in [5, 5.41) is 14.3. The first-order chi connectivity index (χ1) is 14.5. The van der Waals surface area contributed by atoms with Gasteiger partial charge < -0.3 is 25.8 Å². The number of hydrogen-bond donors (Lipinski definition) is 3. The number of hydrogen-bond acceptors (Lipinski definition) is 5. The molecule has 0 aromatic heterocycles. The second kappa shape index (κ2) is 8.95. The zero-order valence-corrected chi connectivity index (χ0v) is 16.8. The van der Waals surface area contributed by atoms with Crippen molar-refractivity contribution in [3.05, 3.63) is 70.3 Å². The minimum Gasteiger partial charge on any atom is -0.391 e. The van der Waals surface area contributed by atoms with E-state index < -0.39 is 12.0 Å². The first kappa shape index (κ1) is 20.5. The van der Waals surface area contributed by atoms with E-state index in [1.165, 1.54) is 11.1 Å². The highest BCUT2D eigenvalue weighted by atomic mass is 16.5. The molecule has 0 unspecified atom stereocenters. The SMILES string of the molecule is NC(=O)c1ccc(C(=O)N2CCOCC2)cc1C[C@@H](O)[C@H]1Cc2ccccc2CN1. The van der Waals surface area contributed by atoms with E-state index in [9.17, 15) is 14.7 Å². The fraction of sp³-hybridized carbons (Fsp3) is 0.391. The van der Waals surface area contributed by atoms with Crippen LogP contribution in [0.25, 0.3) is 0 Å². The first-order valence-electron chi connectivity index (χ1n) is 10.3. The van der Waals surface area contributed by atoms with Crippen LogP contribution in [0.3, 0.4) is 0 Å². The van der Waals surface area contributed by atoms with Gasteiger partial charge in [0.25, 0.3) is 5.91 Å². The van der Waals surface area contributed by atoms with Crippen molar-refractivity contribution in [3.8, 4) is 0 Å². The Morgan fingerprint density at radius 2 is 1.90 bits per heavy atom. The number of aliphatic hydroxyl groups excluding tert-OH is 1. The van der Waals surface area contributed by atoms with Crippen LogP contribution in [0.1, 0.15) is 37.4 Å². The highest BCUT2D eigenvalue weighted by Crippen LogP contribution is 2.22. The van der Waals surface area contributed by atoms with Crippen LogP contribution in [0.15, 0.2) is 42.5 Å². The summed E-state index contributed by atoms with van der Waals surface area (Å²) in [6.07, 6.45) is 0.225. The molecule has 158 valence electrons. The molecule has 1 fully saturated rings. The van der Waals surface area contributed by atoms with Gasteiger partial charge in [0.15, 0.2) is 0 Å². The van der Waals surface area contributed by atoms with Crippen LogP contribution in [0, 0.1) is 0 Å². The lowest BCUT2D eigenvalue weighted by atomic mass is 9.89. The van der Waals surface area contributed by atoms with E-state index in [4.69, 9.17) is 10.5 Å². The molecule has 4 N–H and O–H groups in total. The standard InChI is InChI=1S/C23H27N3O4/c24-22(28)19-6-5-16(23(29)26-7-9-30-10-8-26)11-18(19)13-21(27)20-12-15-3-1-2-4-17(15)14-25-20/h1-6,11,20-21,25,27H,7-10,12-14H2,(H2,24,28)/t20-,21-/m1/s1. The van der Waals surface area contributed by atoms with E-state index >= 15 is 0 Å². The molecule has 4 rings (SSSR count). The number of nitrogens with two attached hydrogens (primary N) is 1. The number of nitrogens with one attached hydrogen (secondary N) is 1. The third-order valence-electron chi connectivity index (χ3n) is 5.92. The molecule has 30 heavy (non-hydrogen) atoms. The van der Waals surface area contributed by atoms with Crippen LogP contribution >= 0.6 is 0 Å². The van der Waals surface area contributed by atoms with E-state index in [-0.39, 0.29) is 18.4 Å². The Hall–Kier alpha value is -2.74. The van der Waals surface area contributed by atoms with Gasteiger partial charge in [-0.1, -0.05) is 24.3 Å². The Balaban J connectivity index is 1.53. The summed E-state index contributed by atoms with van der Waals surface area (Å²) in [4.78, 5) is 26.5. The van der Waals surface area contributed by atoms with Gasteiger partial charge in [0.2, 0.25) is 5.91 Å². The van der Waals surface area contributed by atoms with Crippen LogP contribution in [0.2, 0.25) is 0 Å². The molecular weight excluding hydrogens is 382 g/mol. The zero-order valence-electron chi connectivity index (χ0n) is 16.8. The van der Waals surface area contributed by atoms with Gasteiger partial charge in [-0.3, -0.25) is 9.59 Å². The second-order valence-electron chi connectivity index (χ2n) is 7.87. The zero-order chi connectivity index (χ0) is 21.1. The highest BCUT2D eigenvalue weighted by Gasteiger charge is 2.26. The van der Waals surface area contributed by atoms with E-state index in [0.29, 0.717) is 56.0 Å². The summed E-state index contributed by atoms with van der Waals surface area (Å²) >= 11 is 0. The summed E-state index contributed by atoms with van der Waals surface area (Å²) in [7, 11) is 0. The summed E-state index contributed by atoms with van der Waals surface area (Å²) < 4.78 is 5.31. The minimum atomic E-state index is -0.717. The molecule has 0 bridgehead atoms. The molecule has 2 heterocycles. The minimum absolute atomic E-state index is 0.102. The van der Waals surface area contributed by atoms with Crippen molar-refractivity contribution in [2.45, 2.75) is 31.5 Å². The fourth-order valence-electron chi connectivity index (χ4n) is 4.20. The Labute approximate surface area is 175 Å². The normalized spacial score (nSPS) is 19.8. The maximum absolute atomic E-state index is 12.8. The predicted molar refractivity (Wildman–Crippen MR) is 112 cm³/mol. The number of aliphatic hydroxyl groups is 1. The van der Waals surface area contributed by atoms with Gasteiger partial charge in [0.1, 0.15) is 0 Å². The Morgan fingerprint density at radius 3 is 2.63 bits per heavy atom. The Kier molecular flexibility index (Phi) is 6.13. The molecule has 2 aliphatic rings. The van der Waals surface area contributed by atoms with Crippen molar-refractivity contribution in [3.63, 3.8) is 0 Å². The molecule has 0 spiro atoms. The van der Waals surface area contributed by atoms with E-state index in [0.717, 1.165) is 0 Å². The smallest absolute Gasteiger partial charge is 0.254 e. The van der Waals surface area contributed by atoms with Gasteiger partial charge in [-0.2, -0.15) is 0 Å². The van der Waals surface area contributed by atoms with Gasteiger partial charge in [-0.15, -0.1) is 0 Å². The van der Waals surface area contributed by atoms with Crippen LogP contribution < -0.4 is 11.1 Å². The Bertz CT molecular complexity index is 940. The van der Waals surface area contributed by atoms with Gasteiger partial charge in [0.05, 0.1) is 19.3 Å². The molecule has 1 saturated heterocycles. The number of primary amides is 1. The largest absolute Gasteiger partial charge is 0.391 e. The van der Waals surface area contributed by atoms with Gasteiger partial charge in [-0.25, -0.2) is 0 Å². The van der Waals surface area contributed by atoms with Crippen LogP contribution in [0.5, 0.6) is 0 Å². The molecule has 0 aliphatic carbocycles. The second-order valence-corrected chi connectivity index (χ2v) is 7.87. The van der Waals surface area contributed by atoms with Crippen molar-refractivity contribution in [2.24, 2.45) is 5.73 Å². The number of rotatable bonds is 5. The molecule has 2 aliphatic heterocycles. The van der Waals surface area contributed by atoms with Crippen molar-refractivity contribution in [1.29, 1.82) is 0 Å². The lowest BCUT2D eigenvalue weighted by molar-refractivity contribution is 0.0302. The average molecular weight is 409 g/mol. The molecule has 2 amide bonds. The lowest BCUT2D eigenvalue weighted by Gasteiger charge is -2.30. The first-order valence-corrected chi connectivity index (χ1v) is 10.3. The number of carbonyl (C=O) groups is 2. The third kappa shape index (κ3) is 4.38. The number of morpholine rings is 1. The average Bonchev–Trinajstić information content (AvgIpc) is 2.78. The molecule has 2 aromatic rings. The van der Waals surface area contributed by atoms with Crippen molar-refractivity contribution >= 4 is 11.8 Å². The van der Waals surface area contributed by atoms with Gasteiger partial charge >= 0.3 is 0 Å². The third-order valence-corrected chi connectivity index (χ3v) is 5.92. The maximum atomic E-state index is 12.8. The fourth-order valence-corrected chi connectivity index (χ4v) is 4.20. The highest BCUT2D eigenvalue weighted by molar-refractivity contribution is 5.98. The van der Waals surface area contributed by atoms with Crippen LogP contribution in [-0.4, -0.2) is 60.3 Å².